The first-order chi connectivity index (χ1) is 23.8. The molecule has 0 aliphatic carbocycles. The molecule has 0 bridgehead atoms. The van der Waals surface area contributed by atoms with Crippen LogP contribution in [-0.4, -0.2) is 83.0 Å². The lowest BCUT2D eigenvalue weighted by molar-refractivity contribution is -0.124. The van der Waals surface area contributed by atoms with Gasteiger partial charge in [0, 0.05) is 18.0 Å². The molecule has 1 heterocycles. The minimum atomic E-state index is -4.57. The van der Waals surface area contributed by atoms with Crippen LogP contribution in [0.3, 0.4) is 0 Å². The summed E-state index contributed by atoms with van der Waals surface area (Å²) < 4.78 is 73.2. The highest BCUT2D eigenvalue weighted by Gasteiger charge is 2.37. The molecule has 4 atom stereocenters. The van der Waals surface area contributed by atoms with Crippen molar-refractivity contribution in [1.82, 2.24) is 10.6 Å². The molecule has 3 aromatic carbocycles. The van der Waals surface area contributed by atoms with Gasteiger partial charge in [-0.15, -0.1) is 0 Å². The van der Waals surface area contributed by atoms with Crippen LogP contribution in [0.4, 0.5) is 32.8 Å². The molecule has 1 aliphatic heterocycles. The Kier molecular flexibility index (Phi) is 13.4. The van der Waals surface area contributed by atoms with E-state index in [1.165, 1.54) is 25.3 Å². The third kappa shape index (κ3) is 10.1. The molecule has 3 aromatic rings. The normalized spacial score (nSPS) is 17.3. The Bertz CT molecular complexity index is 1620. The SMILES string of the molecule is COC(=O)N(C(=O)[C@@H](N)[C@H](c1ccccc1)c1ccc(OC)c(Cl)c1)c1cccc(F)c1CC[C@@H]1CN[C@H](COC(=O)NCC(F)(F)F)CO1. The molecule has 1 aliphatic rings. The molecular formula is C34H37ClF4N4O7. The fourth-order valence-electron chi connectivity index (χ4n) is 5.50. The monoisotopic (exact) mass is 724 g/mol. The van der Waals surface area contributed by atoms with Crippen LogP contribution >= 0.6 is 11.6 Å². The highest BCUT2D eigenvalue weighted by Crippen LogP contribution is 2.35. The Hall–Kier alpha value is -4.44. The van der Waals surface area contributed by atoms with Crippen molar-refractivity contribution >= 4 is 35.4 Å². The van der Waals surface area contributed by atoms with Gasteiger partial charge in [-0.1, -0.05) is 54.1 Å². The van der Waals surface area contributed by atoms with E-state index in [-0.39, 0.29) is 48.9 Å². The van der Waals surface area contributed by atoms with Gasteiger partial charge in [-0.05, 0) is 48.2 Å². The predicted octanol–water partition coefficient (Wildman–Crippen LogP) is 5.32. The molecule has 4 rings (SSSR count). The number of alkyl halides is 3. The molecule has 0 aromatic heterocycles. The number of nitrogens with two attached hydrogens (primary N) is 1. The van der Waals surface area contributed by atoms with E-state index >= 15 is 4.39 Å². The Morgan fingerprint density at radius 2 is 1.82 bits per heavy atom. The lowest BCUT2D eigenvalue weighted by Crippen LogP contribution is -2.50. The second-order valence-electron chi connectivity index (χ2n) is 11.4. The van der Waals surface area contributed by atoms with Crippen molar-refractivity contribution in [3.8, 4) is 5.75 Å². The summed E-state index contributed by atoms with van der Waals surface area (Å²) in [5, 5.41) is 4.98. The number of anilines is 1. The van der Waals surface area contributed by atoms with Gasteiger partial charge in [-0.2, -0.15) is 13.2 Å². The van der Waals surface area contributed by atoms with Gasteiger partial charge >= 0.3 is 18.4 Å². The molecule has 50 heavy (non-hydrogen) atoms. The van der Waals surface area contributed by atoms with Crippen LogP contribution in [0.2, 0.25) is 5.02 Å². The van der Waals surface area contributed by atoms with Gasteiger partial charge in [-0.25, -0.2) is 18.9 Å². The lowest BCUT2D eigenvalue weighted by atomic mass is 9.84. The van der Waals surface area contributed by atoms with Crippen LogP contribution in [-0.2, 0) is 25.4 Å². The van der Waals surface area contributed by atoms with E-state index in [1.54, 1.807) is 53.8 Å². The van der Waals surface area contributed by atoms with Crippen molar-refractivity contribution < 1.29 is 50.9 Å². The summed E-state index contributed by atoms with van der Waals surface area (Å²) >= 11 is 6.43. The van der Waals surface area contributed by atoms with Crippen LogP contribution in [0.25, 0.3) is 0 Å². The molecule has 3 amide bonds. The van der Waals surface area contributed by atoms with Crippen molar-refractivity contribution in [3.63, 3.8) is 0 Å². The van der Waals surface area contributed by atoms with Gasteiger partial charge in [0.05, 0.1) is 49.7 Å². The van der Waals surface area contributed by atoms with Gasteiger partial charge in [0.2, 0.25) is 0 Å². The Labute approximate surface area is 290 Å². The van der Waals surface area contributed by atoms with Crippen LogP contribution < -0.4 is 26.0 Å². The van der Waals surface area contributed by atoms with Gasteiger partial charge in [0.25, 0.3) is 5.91 Å². The maximum atomic E-state index is 15.4. The number of alkyl carbamates (subject to hydrolysis) is 1. The zero-order valence-corrected chi connectivity index (χ0v) is 27.9. The molecule has 1 saturated heterocycles. The maximum absolute atomic E-state index is 15.4. The summed E-state index contributed by atoms with van der Waals surface area (Å²) in [6, 6.07) is 16.0. The molecular weight excluding hydrogens is 688 g/mol. The maximum Gasteiger partial charge on any atom is 0.420 e. The summed E-state index contributed by atoms with van der Waals surface area (Å²) in [7, 11) is 2.56. The largest absolute Gasteiger partial charge is 0.495 e. The number of carbonyl (C=O) groups is 3. The topological polar surface area (TPSA) is 141 Å². The third-order valence-corrected chi connectivity index (χ3v) is 8.28. The molecule has 0 spiro atoms. The van der Waals surface area contributed by atoms with Crippen molar-refractivity contribution in [1.29, 1.82) is 0 Å². The number of imide groups is 1. The fraction of sp³-hybridized carbons (Fsp3) is 0.382. The van der Waals surface area contributed by atoms with E-state index in [1.807, 2.05) is 0 Å². The number of nitrogens with one attached hydrogen (secondary N) is 2. The zero-order valence-electron chi connectivity index (χ0n) is 27.2. The number of morpholine rings is 1. The number of hydrogen-bond acceptors (Lipinski definition) is 9. The molecule has 0 radical (unpaired) electrons. The predicted molar refractivity (Wildman–Crippen MR) is 176 cm³/mol. The first-order valence-electron chi connectivity index (χ1n) is 15.5. The van der Waals surface area contributed by atoms with Crippen LogP contribution in [0.1, 0.15) is 29.0 Å². The minimum Gasteiger partial charge on any atom is -0.495 e. The van der Waals surface area contributed by atoms with Crippen molar-refractivity contribution in [2.24, 2.45) is 5.73 Å². The van der Waals surface area contributed by atoms with E-state index in [0.29, 0.717) is 16.9 Å². The molecule has 0 unspecified atom stereocenters. The molecule has 270 valence electrons. The highest BCUT2D eigenvalue weighted by atomic mass is 35.5. The summed E-state index contributed by atoms with van der Waals surface area (Å²) in [5.41, 5.74) is 7.88. The lowest BCUT2D eigenvalue weighted by Gasteiger charge is -2.31. The number of halogens is 5. The Morgan fingerprint density at radius 3 is 2.44 bits per heavy atom. The summed E-state index contributed by atoms with van der Waals surface area (Å²) in [6.07, 6.45) is -7.04. The fourth-order valence-corrected chi connectivity index (χ4v) is 5.77. The highest BCUT2D eigenvalue weighted by molar-refractivity contribution is 6.32. The number of methoxy groups -OCH3 is 2. The second kappa shape index (κ2) is 17.5. The van der Waals surface area contributed by atoms with E-state index in [9.17, 15) is 27.6 Å². The number of rotatable bonds is 12. The minimum absolute atomic E-state index is 0.0293. The van der Waals surface area contributed by atoms with Gasteiger partial charge in [0.1, 0.15) is 24.7 Å². The quantitative estimate of drug-likeness (QED) is 0.212. The summed E-state index contributed by atoms with van der Waals surface area (Å²) in [5.74, 6) is -1.91. The average Bonchev–Trinajstić information content (AvgIpc) is 3.10. The van der Waals surface area contributed by atoms with E-state index in [0.717, 1.165) is 12.0 Å². The number of carbonyl (C=O) groups excluding carboxylic acids is 3. The molecule has 4 N–H and O–H groups in total. The standard InChI is InChI=1S/C34H37ClF4N4O7/c1-47-28-14-11-21(15-25(28)35)29(20-7-4-3-5-8-20)30(40)31(44)43(33(46)48-2)27-10-6-9-26(36)24(27)13-12-23-16-41-22(17-49-23)18-50-32(45)42-19-34(37,38)39/h3-11,14-15,22-23,29-30,41H,12-13,16-19,40H2,1-2H3,(H,42,45)/t22-,23+,29+,30-/m0/s1. The zero-order chi connectivity index (χ0) is 36.4. The Balaban J connectivity index is 1.50. The first-order valence-corrected chi connectivity index (χ1v) is 15.9. The molecule has 1 fully saturated rings. The van der Waals surface area contributed by atoms with Crippen molar-refractivity contribution in [3.05, 3.63) is 94.3 Å². The number of hydrogen-bond donors (Lipinski definition) is 3. The van der Waals surface area contributed by atoms with Gasteiger partial charge in [-0.3, -0.25) is 4.79 Å². The number of ether oxygens (including phenoxy) is 4. The summed E-state index contributed by atoms with van der Waals surface area (Å²) in [6.45, 7) is -1.46. The van der Waals surface area contributed by atoms with Crippen LogP contribution in [0.15, 0.2) is 66.7 Å². The van der Waals surface area contributed by atoms with Crippen LogP contribution in [0.5, 0.6) is 5.75 Å². The van der Waals surface area contributed by atoms with Crippen molar-refractivity contribution in [2.75, 3.05) is 45.4 Å². The van der Waals surface area contributed by atoms with E-state index < -0.39 is 60.7 Å². The van der Waals surface area contributed by atoms with E-state index in [4.69, 9.17) is 36.3 Å². The molecule has 11 nitrogen and oxygen atoms in total. The molecule has 0 saturated carbocycles. The number of benzene rings is 3. The second-order valence-corrected chi connectivity index (χ2v) is 11.8. The van der Waals surface area contributed by atoms with Crippen LogP contribution in [0, 0.1) is 5.82 Å². The third-order valence-electron chi connectivity index (χ3n) is 7.98. The number of nitrogens with zero attached hydrogens (tertiary/aromatic N) is 1. The van der Waals surface area contributed by atoms with Gasteiger partial charge in [0.15, 0.2) is 0 Å². The Morgan fingerprint density at radius 1 is 1.08 bits per heavy atom. The molecule has 16 heteroatoms. The smallest absolute Gasteiger partial charge is 0.420 e. The first kappa shape index (κ1) is 38.4. The van der Waals surface area contributed by atoms with Gasteiger partial charge < -0.3 is 35.3 Å². The summed E-state index contributed by atoms with van der Waals surface area (Å²) in [4.78, 5) is 39.7. The average molecular weight is 725 g/mol. The van der Waals surface area contributed by atoms with Crippen molar-refractivity contribution in [2.45, 2.75) is 43.1 Å². The van der Waals surface area contributed by atoms with E-state index in [2.05, 4.69) is 5.32 Å². The number of amides is 3.